The molecule has 4 heterocycles. The number of amides is 2. The molecule has 2 saturated heterocycles. The summed E-state index contributed by atoms with van der Waals surface area (Å²) < 4.78 is 18.3. The topological polar surface area (TPSA) is 113 Å². The van der Waals surface area contributed by atoms with E-state index in [4.69, 9.17) is 16.3 Å². The van der Waals surface area contributed by atoms with E-state index in [1.807, 2.05) is 4.90 Å². The molecule has 2 aliphatic rings. The van der Waals surface area contributed by atoms with Gasteiger partial charge in [0.2, 0.25) is 17.7 Å². The summed E-state index contributed by atoms with van der Waals surface area (Å²) in [7, 11) is 1.48. The number of aromatic nitrogens is 3. The third kappa shape index (κ3) is 6.64. The van der Waals surface area contributed by atoms with Crippen molar-refractivity contribution in [3.63, 3.8) is 0 Å². The molecule has 2 aromatic heterocycles. The maximum absolute atomic E-state index is 13.2. The first-order valence-corrected chi connectivity index (χ1v) is 11.7. The Morgan fingerprint density at radius 3 is 2.80 bits per heavy atom. The number of pyridine rings is 1. The van der Waals surface area contributed by atoms with Crippen molar-refractivity contribution in [3.8, 4) is 5.88 Å². The quantitative estimate of drug-likeness (QED) is 0.528. The Balaban J connectivity index is 1.25. The van der Waals surface area contributed by atoms with Crippen LogP contribution in [0.25, 0.3) is 0 Å². The van der Waals surface area contributed by atoms with Crippen LogP contribution in [-0.2, 0) is 4.79 Å². The highest BCUT2D eigenvalue weighted by atomic mass is 35.5. The molecule has 2 N–H and O–H groups in total. The normalized spacial score (nSPS) is 20.4. The molecule has 10 nitrogen and oxygen atoms in total. The second-order valence-electron chi connectivity index (χ2n) is 8.40. The summed E-state index contributed by atoms with van der Waals surface area (Å²) in [6, 6.07) is 3.21. The van der Waals surface area contributed by atoms with E-state index in [9.17, 15) is 14.0 Å². The summed E-state index contributed by atoms with van der Waals surface area (Å²) in [5.74, 6) is 0.530. The summed E-state index contributed by atoms with van der Waals surface area (Å²) in [5.41, 5.74) is 0.429. The van der Waals surface area contributed by atoms with E-state index in [-0.39, 0.29) is 23.7 Å². The van der Waals surface area contributed by atoms with E-state index in [2.05, 4.69) is 25.6 Å². The van der Waals surface area contributed by atoms with Gasteiger partial charge in [-0.05, 0) is 25.0 Å². The summed E-state index contributed by atoms with van der Waals surface area (Å²) in [4.78, 5) is 41.2. The first kappa shape index (κ1) is 24.8. The molecule has 35 heavy (non-hydrogen) atoms. The summed E-state index contributed by atoms with van der Waals surface area (Å²) >= 11 is 5.96. The number of nitrogens with zero attached hydrogens (tertiary/aromatic N) is 5. The van der Waals surface area contributed by atoms with Crippen LogP contribution in [0.15, 0.2) is 36.7 Å². The first-order valence-electron chi connectivity index (χ1n) is 11.3. The maximum Gasteiger partial charge on any atom is 0.255 e. The number of nitrogens with one attached hydrogen (secondary N) is 2. The van der Waals surface area contributed by atoms with Crippen LogP contribution < -0.4 is 15.4 Å². The number of carbonyl (C=O) groups is 2. The predicted molar refractivity (Wildman–Crippen MR) is 129 cm³/mol. The Bertz CT molecular complexity index is 1090. The zero-order valence-electron chi connectivity index (χ0n) is 19.3. The molecule has 0 radical (unpaired) electrons. The highest BCUT2D eigenvalue weighted by Gasteiger charge is 2.28. The van der Waals surface area contributed by atoms with E-state index in [1.54, 1.807) is 23.1 Å². The van der Waals surface area contributed by atoms with E-state index in [0.717, 1.165) is 6.42 Å². The van der Waals surface area contributed by atoms with Crippen molar-refractivity contribution >= 4 is 35.2 Å². The van der Waals surface area contributed by atoms with Gasteiger partial charge >= 0.3 is 0 Å². The fourth-order valence-corrected chi connectivity index (χ4v) is 4.18. The molecule has 2 aromatic rings. The minimum Gasteiger partial charge on any atom is -0.480 e. The number of carbonyl (C=O) groups excluding carboxylic acids is 2. The molecule has 0 aromatic carbocycles. The number of alkyl halides is 1. The molecule has 4 rings (SSSR count). The fourth-order valence-electron chi connectivity index (χ4n) is 4.01. The van der Waals surface area contributed by atoms with Gasteiger partial charge in [0.05, 0.1) is 18.9 Å². The molecule has 0 bridgehead atoms. The van der Waals surface area contributed by atoms with Crippen molar-refractivity contribution in [1.82, 2.24) is 24.8 Å². The van der Waals surface area contributed by atoms with E-state index >= 15 is 0 Å². The van der Waals surface area contributed by atoms with E-state index in [0.29, 0.717) is 61.5 Å². The molecule has 0 spiro atoms. The first-order chi connectivity index (χ1) is 16.9. The Morgan fingerprint density at radius 1 is 1.23 bits per heavy atom. The third-order valence-electron chi connectivity index (χ3n) is 5.82. The van der Waals surface area contributed by atoms with Crippen LogP contribution >= 0.6 is 11.6 Å². The largest absolute Gasteiger partial charge is 0.480 e. The molecule has 186 valence electrons. The van der Waals surface area contributed by atoms with Crippen molar-refractivity contribution in [2.45, 2.75) is 25.1 Å². The van der Waals surface area contributed by atoms with Gasteiger partial charge in [-0.25, -0.2) is 14.4 Å². The number of hydrogen-bond acceptors (Lipinski definition) is 8. The van der Waals surface area contributed by atoms with Crippen molar-refractivity contribution in [3.05, 3.63) is 47.3 Å². The number of methoxy groups -OCH3 is 1. The monoisotopic (exact) mass is 503 g/mol. The van der Waals surface area contributed by atoms with Gasteiger partial charge in [0.1, 0.15) is 17.0 Å². The van der Waals surface area contributed by atoms with Crippen LogP contribution in [0.2, 0.25) is 5.02 Å². The Morgan fingerprint density at radius 2 is 2.09 bits per heavy atom. The second-order valence-corrected chi connectivity index (χ2v) is 8.81. The van der Waals surface area contributed by atoms with Crippen molar-refractivity contribution in [2.24, 2.45) is 0 Å². The fraction of sp³-hybridized carbons (Fsp3) is 0.435. The van der Waals surface area contributed by atoms with Gasteiger partial charge in [-0.1, -0.05) is 17.7 Å². The number of ether oxygens (including phenoxy) is 1. The number of hydrogen-bond donors (Lipinski definition) is 2. The predicted octanol–water partition coefficient (Wildman–Crippen LogP) is 2.40. The molecule has 0 unspecified atom stereocenters. The van der Waals surface area contributed by atoms with Gasteiger partial charge < -0.3 is 20.3 Å². The van der Waals surface area contributed by atoms with Gasteiger partial charge in [0, 0.05) is 51.0 Å². The van der Waals surface area contributed by atoms with E-state index < -0.39 is 6.17 Å². The van der Waals surface area contributed by atoms with Crippen LogP contribution in [0, 0.1) is 0 Å². The molecule has 2 fully saturated rings. The second kappa shape index (κ2) is 11.4. The SMILES string of the molecule is COc1nc(N[C@@H]2CCN(C(=O)c3ccc(NC(=O)/C=C/CN4CC[C@@H](F)C4)nc3)C2)ncc1Cl. The Labute approximate surface area is 207 Å². The Kier molecular flexibility index (Phi) is 8.09. The zero-order valence-corrected chi connectivity index (χ0v) is 20.0. The third-order valence-corrected chi connectivity index (χ3v) is 6.08. The van der Waals surface area contributed by atoms with Gasteiger partial charge in [-0.3, -0.25) is 14.5 Å². The summed E-state index contributed by atoms with van der Waals surface area (Å²) in [6.45, 7) is 2.68. The van der Waals surface area contributed by atoms with Crippen LogP contribution in [0.5, 0.6) is 5.88 Å². The minimum atomic E-state index is -0.785. The van der Waals surface area contributed by atoms with Gasteiger partial charge in [-0.2, -0.15) is 4.98 Å². The Hall–Kier alpha value is -3.31. The molecule has 2 atom stereocenters. The summed E-state index contributed by atoms with van der Waals surface area (Å²) in [6.07, 6.45) is 6.50. The average Bonchev–Trinajstić information content (AvgIpc) is 3.49. The van der Waals surface area contributed by atoms with Crippen molar-refractivity contribution in [2.75, 3.05) is 50.5 Å². The van der Waals surface area contributed by atoms with Gasteiger partial charge in [0.15, 0.2) is 0 Å². The lowest BCUT2D eigenvalue weighted by Gasteiger charge is -2.17. The molecule has 2 amide bonds. The smallest absolute Gasteiger partial charge is 0.255 e. The zero-order chi connectivity index (χ0) is 24.8. The lowest BCUT2D eigenvalue weighted by molar-refractivity contribution is -0.111. The summed E-state index contributed by atoms with van der Waals surface area (Å²) in [5, 5.41) is 6.18. The highest BCUT2D eigenvalue weighted by molar-refractivity contribution is 6.31. The lowest BCUT2D eigenvalue weighted by Crippen LogP contribution is -2.32. The minimum absolute atomic E-state index is 0.0144. The standard InChI is InChI=1S/C23H27ClFN7O3/c1-35-21-18(24)12-27-23(30-21)28-17-7-10-32(14-17)22(34)15-4-5-19(26-11-15)29-20(33)3-2-8-31-9-6-16(25)13-31/h2-5,11-12,16-17H,6-10,13-14H2,1H3,(H,26,29,33)(H,27,28,30)/b3-2+/t16-,17-/m1/s1. The molecular weight excluding hydrogens is 477 g/mol. The number of likely N-dealkylation sites (tertiary alicyclic amines) is 2. The van der Waals surface area contributed by atoms with Crippen molar-refractivity contribution < 1.29 is 18.7 Å². The average molecular weight is 504 g/mol. The van der Waals surface area contributed by atoms with Gasteiger partial charge in [-0.15, -0.1) is 0 Å². The highest BCUT2D eigenvalue weighted by Crippen LogP contribution is 2.23. The number of anilines is 2. The maximum atomic E-state index is 13.2. The van der Waals surface area contributed by atoms with E-state index in [1.165, 1.54) is 25.6 Å². The lowest BCUT2D eigenvalue weighted by atomic mass is 10.2. The number of halogens is 2. The number of rotatable bonds is 8. The van der Waals surface area contributed by atoms with Crippen molar-refractivity contribution in [1.29, 1.82) is 0 Å². The molecule has 2 aliphatic heterocycles. The molecule has 12 heteroatoms. The van der Waals surface area contributed by atoms with Crippen LogP contribution in [0.1, 0.15) is 23.2 Å². The van der Waals surface area contributed by atoms with Crippen LogP contribution in [0.4, 0.5) is 16.2 Å². The van der Waals surface area contributed by atoms with Crippen LogP contribution in [0.3, 0.4) is 0 Å². The van der Waals surface area contributed by atoms with Crippen LogP contribution in [-0.4, -0.2) is 88.6 Å². The molecular formula is C23H27ClFN7O3. The molecule has 0 aliphatic carbocycles. The molecule has 0 saturated carbocycles. The van der Waals surface area contributed by atoms with Gasteiger partial charge in [0.25, 0.3) is 5.91 Å².